The number of unbranched alkanes of at least 4 members (excludes halogenated alkanes) is 3. The number of ether oxygens (including phenoxy) is 1. The number of methoxy groups -OCH3 is 1. The first-order chi connectivity index (χ1) is 11.9. The molecule has 2 rings (SSSR count). The quantitative estimate of drug-likeness (QED) is 0.352. The van der Waals surface area contributed by atoms with Crippen molar-refractivity contribution in [2.24, 2.45) is 5.41 Å². The van der Waals surface area contributed by atoms with Gasteiger partial charge in [0.1, 0.15) is 0 Å². The highest BCUT2D eigenvalue weighted by Gasteiger charge is 2.36. The van der Waals surface area contributed by atoms with E-state index in [2.05, 4.69) is 44.9 Å². The van der Waals surface area contributed by atoms with Gasteiger partial charge in [0.05, 0.1) is 18.7 Å². The van der Waals surface area contributed by atoms with Gasteiger partial charge in [0.25, 0.3) is 0 Å². The van der Waals surface area contributed by atoms with E-state index in [1.807, 2.05) is 6.08 Å². The molecule has 0 aromatic carbocycles. The highest BCUT2D eigenvalue weighted by atomic mass is 16.5. The smallest absolute Gasteiger partial charge is 0.337 e. The van der Waals surface area contributed by atoms with E-state index in [0.717, 1.165) is 6.54 Å². The van der Waals surface area contributed by atoms with Gasteiger partial charge in [-0.25, -0.2) is 4.79 Å². The van der Waals surface area contributed by atoms with Crippen molar-refractivity contribution >= 4 is 5.97 Å². The van der Waals surface area contributed by atoms with Gasteiger partial charge < -0.3 is 9.64 Å². The molecule has 1 atom stereocenters. The standard InChI is InChI=1S/C22H35NO2/c1-6-7-8-9-14-23-15-12-18(21(24)25-5)16-19(23)20-17(2)11-10-13-22(20,3)4/h12,15-16,19H,6-11,13-14H2,1-5H3. The molecule has 0 radical (unpaired) electrons. The third kappa shape index (κ3) is 4.77. The molecule has 0 aromatic heterocycles. The lowest BCUT2D eigenvalue weighted by molar-refractivity contribution is -0.135. The number of hydrogen-bond acceptors (Lipinski definition) is 3. The second kappa shape index (κ2) is 8.73. The molecule has 1 heterocycles. The molecule has 1 aliphatic carbocycles. The molecule has 1 unspecified atom stereocenters. The Kier molecular flexibility index (Phi) is 6.92. The maximum Gasteiger partial charge on any atom is 0.337 e. The second-order valence-electron chi connectivity index (χ2n) is 8.10. The first kappa shape index (κ1) is 19.8. The molecular weight excluding hydrogens is 310 g/mol. The van der Waals surface area contributed by atoms with E-state index in [1.165, 1.54) is 63.2 Å². The van der Waals surface area contributed by atoms with Crippen LogP contribution in [-0.2, 0) is 9.53 Å². The van der Waals surface area contributed by atoms with Gasteiger partial charge in [-0.05, 0) is 55.7 Å². The van der Waals surface area contributed by atoms with Gasteiger partial charge >= 0.3 is 5.97 Å². The lowest BCUT2D eigenvalue weighted by atomic mass is 9.69. The normalized spacial score (nSPS) is 22.8. The Morgan fingerprint density at radius 1 is 1.32 bits per heavy atom. The fourth-order valence-electron chi connectivity index (χ4n) is 4.32. The van der Waals surface area contributed by atoms with Crippen LogP contribution >= 0.6 is 0 Å². The summed E-state index contributed by atoms with van der Waals surface area (Å²) in [5.41, 5.74) is 3.85. The van der Waals surface area contributed by atoms with Crippen LogP contribution in [0, 0.1) is 5.41 Å². The first-order valence-corrected chi connectivity index (χ1v) is 9.85. The summed E-state index contributed by atoms with van der Waals surface area (Å²) in [5, 5.41) is 0. The number of nitrogens with zero attached hydrogens (tertiary/aromatic N) is 1. The minimum atomic E-state index is -0.237. The third-order valence-electron chi connectivity index (χ3n) is 5.67. The van der Waals surface area contributed by atoms with Crippen LogP contribution < -0.4 is 0 Å². The van der Waals surface area contributed by atoms with Crippen molar-refractivity contribution in [1.82, 2.24) is 4.90 Å². The SMILES string of the molecule is CCCCCCN1C=CC(C(=O)OC)=CC1C1=C(C)CCCC1(C)C. The molecule has 25 heavy (non-hydrogen) atoms. The van der Waals surface area contributed by atoms with E-state index in [9.17, 15) is 4.79 Å². The van der Waals surface area contributed by atoms with Gasteiger partial charge in [-0.2, -0.15) is 0 Å². The lowest BCUT2D eigenvalue weighted by Crippen LogP contribution is -2.40. The molecule has 0 saturated heterocycles. The van der Waals surface area contributed by atoms with Crippen molar-refractivity contribution in [3.8, 4) is 0 Å². The van der Waals surface area contributed by atoms with Crippen LogP contribution in [0.4, 0.5) is 0 Å². The van der Waals surface area contributed by atoms with E-state index < -0.39 is 0 Å². The molecule has 0 bridgehead atoms. The van der Waals surface area contributed by atoms with Crippen LogP contribution in [0.1, 0.15) is 72.6 Å². The maximum absolute atomic E-state index is 12.1. The number of carbonyl (C=O) groups is 1. The van der Waals surface area contributed by atoms with E-state index >= 15 is 0 Å². The fourth-order valence-corrected chi connectivity index (χ4v) is 4.32. The van der Waals surface area contributed by atoms with E-state index in [0.29, 0.717) is 5.57 Å². The topological polar surface area (TPSA) is 29.5 Å². The largest absolute Gasteiger partial charge is 0.465 e. The van der Waals surface area contributed by atoms with Crippen molar-refractivity contribution in [3.63, 3.8) is 0 Å². The van der Waals surface area contributed by atoms with Gasteiger partial charge in [0.2, 0.25) is 0 Å². The van der Waals surface area contributed by atoms with Gasteiger partial charge in [-0.3, -0.25) is 0 Å². The Balaban J connectivity index is 2.30. The average molecular weight is 346 g/mol. The van der Waals surface area contributed by atoms with Crippen molar-refractivity contribution in [2.45, 2.75) is 78.7 Å². The zero-order valence-corrected chi connectivity index (χ0v) is 16.7. The predicted molar refractivity (Wildman–Crippen MR) is 104 cm³/mol. The summed E-state index contributed by atoms with van der Waals surface area (Å²) >= 11 is 0. The first-order valence-electron chi connectivity index (χ1n) is 9.85. The van der Waals surface area contributed by atoms with Gasteiger partial charge in [-0.15, -0.1) is 0 Å². The Bertz CT molecular complexity index is 569. The highest BCUT2D eigenvalue weighted by molar-refractivity contribution is 5.92. The number of allylic oxidation sites excluding steroid dienone is 1. The molecular formula is C22H35NO2. The Morgan fingerprint density at radius 2 is 2.08 bits per heavy atom. The van der Waals surface area contributed by atoms with Crippen LogP contribution in [0.25, 0.3) is 0 Å². The molecule has 0 amide bonds. The molecule has 0 aromatic rings. The van der Waals surface area contributed by atoms with Crippen molar-refractivity contribution < 1.29 is 9.53 Å². The molecule has 3 nitrogen and oxygen atoms in total. The minimum absolute atomic E-state index is 0.177. The predicted octanol–water partition coefficient (Wildman–Crippen LogP) is 5.39. The minimum Gasteiger partial charge on any atom is -0.465 e. The Morgan fingerprint density at radius 3 is 2.72 bits per heavy atom. The average Bonchev–Trinajstić information content (AvgIpc) is 2.58. The second-order valence-corrected chi connectivity index (χ2v) is 8.10. The Hall–Kier alpha value is -1.51. The summed E-state index contributed by atoms with van der Waals surface area (Å²) in [4.78, 5) is 14.5. The van der Waals surface area contributed by atoms with E-state index in [-0.39, 0.29) is 17.4 Å². The number of hydrogen-bond donors (Lipinski definition) is 0. The zero-order valence-electron chi connectivity index (χ0n) is 16.7. The lowest BCUT2D eigenvalue weighted by Gasteiger charge is -2.43. The van der Waals surface area contributed by atoms with Crippen LogP contribution in [0.2, 0.25) is 0 Å². The van der Waals surface area contributed by atoms with Crippen molar-refractivity contribution in [3.05, 3.63) is 35.1 Å². The summed E-state index contributed by atoms with van der Waals surface area (Å²) in [6, 6.07) is 0.177. The molecule has 0 N–H and O–H groups in total. The maximum atomic E-state index is 12.1. The van der Waals surface area contributed by atoms with Gasteiger partial charge in [-0.1, -0.05) is 45.6 Å². The molecule has 1 aliphatic heterocycles. The number of carbonyl (C=O) groups excluding carboxylic acids is 1. The molecule has 2 aliphatic rings. The van der Waals surface area contributed by atoms with Crippen LogP contribution in [0.3, 0.4) is 0 Å². The molecule has 0 saturated carbocycles. The summed E-state index contributed by atoms with van der Waals surface area (Å²) in [6.45, 7) is 10.3. The van der Waals surface area contributed by atoms with Crippen LogP contribution in [0.5, 0.6) is 0 Å². The third-order valence-corrected chi connectivity index (χ3v) is 5.67. The van der Waals surface area contributed by atoms with Crippen molar-refractivity contribution in [1.29, 1.82) is 0 Å². The monoisotopic (exact) mass is 345 g/mol. The molecule has 140 valence electrons. The van der Waals surface area contributed by atoms with Crippen molar-refractivity contribution in [2.75, 3.05) is 13.7 Å². The Labute approximate surface area is 153 Å². The zero-order chi connectivity index (χ0) is 18.4. The van der Waals surface area contributed by atoms with Crippen LogP contribution in [-0.4, -0.2) is 30.6 Å². The summed E-state index contributed by atoms with van der Waals surface area (Å²) < 4.78 is 4.96. The number of rotatable bonds is 7. The molecule has 0 fully saturated rings. The van der Waals surface area contributed by atoms with E-state index in [4.69, 9.17) is 4.74 Å². The van der Waals surface area contributed by atoms with Gasteiger partial charge in [0.15, 0.2) is 0 Å². The summed E-state index contributed by atoms with van der Waals surface area (Å²) in [6.07, 6.45) is 14.8. The summed E-state index contributed by atoms with van der Waals surface area (Å²) in [5.74, 6) is -0.237. The van der Waals surface area contributed by atoms with Crippen LogP contribution in [0.15, 0.2) is 35.1 Å². The van der Waals surface area contributed by atoms with Gasteiger partial charge in [0, 0.05) is 12.7 Å². The highest BCUT2D eigenvalue weighted by Crippen LogP contribution is 2.44. The molecule has 3 heteroatoms. The molecule has 0 spiro atoms. The summed E-state index contributed by atoms with van der Waals surface area (Å²) in [7, 11) is 1.46. The number of esters is 1. The fraction of sp³-hybridized carbons (Fsp3) is 0.682. The van der Waals surface area contributed by atoms with E-state index in [1.54, 1.807) is 0 Å².